The summed E-state index contributed by atoms with van der Waals surface area (Å²) >= 11 is 5.26. The Kier molecular flexibility index (Phi) is 4.59. The van der Waals surface area contributed by atoms with Gasteiger partial charge in [-0.2, -0.15) is 14.9 Å². The molecule has 3 aromatic rings. The lowest BCUT2D eigenvalue weighted by Crippen LogP contribution is -1.93. The van der Waals surface area contributed by atoms with Crippen LogP contribution in [0.15, 0.2) is 65.8 Å². The van der Waals surface area contributed by atoms with Gasteiger partial charge < -0.3 is 0 Å². The molecule has 0 saturated heterocycles. The fourth-order valence-corrected chi connectivity index (χ4v) is 2.37. The van der Waals surface area contributed by atoms with Crippen LogP contribution in [0.25, 0.3) is 17.5 Å². The molecule has 5 heteroatoms. The summed E-state index contributed by atoms with van der Waals surface area (Å²) in [6.45, 7) is 2.04. The molecule has 23 heavy (non-hydrogen) atoms. The van der Waals surface area contributed by atoms with Crippen LogP contribution >= 0.6 is 12.2 Å². The number of allylic oxidation sites excluding steroid dienone is 1. The van der Waals surface area contributed by atoms with Crippen molar-refractivity contribution in [2.75, 3.05) is 0 Å². The van der Waals surface area contributed by atoms with Gasteiger partial charge in [-0.05, 0) is 36.8 Å². The van der Waals surface area contributed by atoms with E-state index in [1.807, 2.05) is 67.6 Å². The third kappa shape index (κ3) is 3.70. The summed E-state index contributed by atoms with van der Waals surface area (Å²) in [6.07, 6.45) is 5.57. The van der Waals surface area contributed by atoms with Crippen LogP contribution in [0.5, 0.6) is 0 Å². The van der Waals surface area contributed by atoms with E-state index in [4.69, 9.17) is 12.2 Å². The number of hydrogen-bond acceptors (Lipinski definition) is 3. The first-order valence-corrected chi connectivity index (χ1v) is 7.65. The van der Waals surface area contributed by atoms with E-state index in [0.717, 1.165) is 16.7 Å². The van der Waals surface area contributed by atoms with Gasteiger partial charge in [0.05, 0.1) is 0 Å². The molecular weight excluding hydrogens is 304 g/mol. The van der Waals surface area contributed by atoms with Crippen molar-refractivity contribution in [3.8, 4) is 11.4 Å². The van der Waals surface area contributed by atoms with Crippen molar-refractivity contribution in [1.29, 1.82) is 0 Å². The predicted octanol–water partition coefficient (Wildman–Crippen LogP) is 4.46. The third-order valence-electron chi connectivity index (χ3n) is 3.28. The summed E-state index contributed by atoms with van der Waals surface area (Å²) in [5.74, 6) is 0.697. The van der Waals surface area contributed by atoms with Gasteiger partial charge in [0, 0.05) is 11.8 Å². The van der Waals surface area contributed by atoms with E-state index in [-0.39, 0.29) is 0 Å². The van der Waals surface area contributed by atoms with Gasteiger partial charge in [0.15, 0.2) is 5.82 Å². The van der Waals surface area contributed by atoms with Gasteiger partial charge in [0.2, 0.25) is 4.77 Å². The molecule has 1 aromatic heterocycles. The molecule has 0 amide bonds. The number of hydrogen-bond donors (Lipinski definition) is 1. The fourth-order valence-electron chi connectivity index (χ4n) is 2.19. The highest BCUT2D eigenvalue weighted by atomic mass is 32.1. The summed E-state index contributed by atoms with van der Waals surface area (Å²) in [5, 5.41) is 11.5. The van der Waals surface area contributed by atoms with Crippen molar-refractivity contribution in [1.82, 2.24) is 14.9 Å². The van der Waals surface area contributed by atoms with Crippen molar-refractivity contribution in [2.45, 2.75) is 6.92 Å². The topological polar surface area (TPSA) is 46.0 Å². The van der Waals surface area contributed by atoms with Crippen molar-refractivity contribution in [3.05, 3.63) is 76.6 Å². The molecule has 0 fully saturated rings. The molecule has 0 spiro atoms. The number of nitrogens with one attached hydrogen (secondary N) is 1. The molecule has 0 aliphatic heterocycles. The second kappa shape index (κ2) is 6.98. The predicted molar refractivity (Wildman–Crippen MR) is 97.0 cm³/mol. The summed E-state index contributed by atoms with van der Waals surface area (Å²) in [5.41, 5.74) is 3.26. The molecular formula is C18H16N4S. The van der Waals surface area contributed by atoms with Crippen molar-refractivity contribution in [2.24, 2.45) is 5.10 Å². The standard InChI is InChI=1S/C18H16N4S/c1-14-7-5-11-16(13-14)17-20-21-18(23)22(17)19-12-6-10-15-8-3-2-4-9-15/h2-13H,1H3,(H,21,23). The van der Waals surface area contributed by atoms with Crippen LogP contribution in [0.1, 0.15) is 11.1 Å². The molecule has 0 aliphatic rings. The lowest BCUT2D eigenvalue weighted by molar-refractivity contribution is 0.872. The molecule has 3 rings (SSSR count). The highest BCUT2D eigenvalue weighted by Crippen LogP contribution is 2.18. The van der Waals surface area contributed by atoms with Gasteiger partial charge in [-0.25, -0.2) is 5.10 Å². The second-order valence-electron chi connectivity index (χ2n) is 5.07. The lowest BCUT2D eigenvalue weighted by Gasteiger charge is -2.01. The number of benzene rings is 2. The molecule has 0 radical (unpaired) electrons. The zero-order valence-electron chi connectivity index (χ0n) is 12.7. The van der Waals surface area contributed by atoms with Gasteiger partial charge >= 0.3 is 0 Å². The quantitative estimate of drug-likeness (QED) is 0.570. The van der Waals surface area contributed by atoms with Crippen LogP contribution in [0, 0.1) is 11.7 Å². The minimum atomic E-state index is 0.464. The van der Waals surface area contributed by atoms with Crippen LogP contribution in [-0.4, -0.2) is 21.1 Å². The largest absolute Gasteiger partial charge is 0.250 e. The van der Waals surface area contributed by atoms with Crippen LogP contribution in [0.3, 0.4) is 0 Å². The van der Waals surface area contributed by atoms with Crippen LogP contribution in [0.2, 0.25) is 0 Å². The smallest absolute Gasteiger partial charge is 0.216 e. The minimum absolute atomic E-state index is 0.464. The van der Waals surface area contributed by atoms with E-state index in [1.165, 1.54) is 0 Å². The normalized spacial score (nSPS) is 11.5. The Morgan fingerprint density at radius 1 is 1.13 bits per heavy atom. The van der Waals surface area contributed by atoms with Crippen LogP contribution in [-0.2, 0) is 0 Å². The Bertz CT molecular complexity index is 904. The van der Waals surface area contributed by atoms with Gasteiger partial charge in [-0.15, -0.1) is 0 Å². The molecule has 2 aromatic carbocycles. The van der Waals surface area contributed by atoms with Crippen molar-refractivity contribution in [3.63, 3.8) is 0 Å². The van der Waals surface area contributed by atoms with Crippen molar-refractivity contribution >= 4 is 24.5 Å². The maximum Gasteiger partial charge on any atom is 0.216 e. The summed E-state index contributed by atoms with van der Waals surface area (Å²) in [7, 11) is 0. The van der Waals surface area contributed by atoms with Gasteiger partial charge in [0.1, 0.15) is 0 Å². The Balaban J connectivity index is 1.86. The van der Waals surface area contributed by atoms with Gasteiger partial charge in [-0.1, -0.05) is 60.2 Å². The average Bonchev–Trinajstić information content (AvgIpc) is 2.93. The minimum Gasteiger partial charge on any atom is -0.250 e. The molecule has 0 bridgehead atoms. The first kappa shape index (κ1) is 15.1. The van der Waals surface area contributed by atoms with E-state index >= 15 is 0 Å². The summed E-state index contributed by atoms with van der Waals surface area (Å²) in [4.78, 5) is 0. The third-order valence-corrected chi connectivity index (χ3v) is 3.55. The Labute approximate surface area is 139 Å². The first-order valence-electron chi connectivity index (χ1n) is 7.24. The van der Waals surface area contributed by atoms with Crippen LogP contribution in [0.4, 0.5) is 0 Å². The van der Waals surface area contributed by atoms with E-state index in [0.29, 0.717) is 10.6 Å². The number of aryl methyl sites for hydroxylation is 1. The Morgan fingerprint density at radius 2 is 1.96 bits per heavy atom. The number of nitrogens with zero attached hydrogens (tertiary/aromatic N) is 3. The van der Waals surface area contributed by atoms with E-state index < -0.39 is 0 Å². The molecule has 0 unspecified atom stereocenters. The first-order chi connectivity index (χ1) is 11.2. The van der Waals surface area contributed by atoms with E-state index in [1.54, 1.807) is 10.9 Å². The van der Waals surface area contributed by atoms with Gasteiger partial charge in [0.25, 0.3) is 0 Å². The zero-order chi connectivity index (χ0) is 16.1. The average molecular weight is 320 g/mol. The zero-order valence-corrected chi connectivity index (χ0v) is 13.5. The van der Waals surface area contributed by atoms with E-state index in [9.17, 15) is 0 Å². The number of rotatable bonds is 4. The number of aromatic amines is 1. The number of aromatic nitrogens is 3. The molecule has 1 N–H and O–H groups in total. The molecule has 0 atom stereocenters. The molecule has 0 aliphatic carbocycles. The number of H-pyrrole nitrogens is 1. The Morgan fingerprint density at radius 3 is 2.74 bits per heavy atom. The highest BCUT2D eigenvalue weighted by Gasteiger charge is 2.07. The lowest BCUT2D eigenvalue weighted by atomic mass is 10.1. The highest BCUT2D eigenvalue weighted by molar-refractivity contribution is 7.71. The Hall–Kier alpha value is -2.79. The van der Waals surface area contributed by atoms with Crippen LogP contribution < -0.4 is 0 Å². The molecule has 114 valence electrons. The molecule has 4 nitrogen and oxygen atoms in total. The van der Waals surface area contributed by atoms with E-state index in [2.05, 4.69) is 21.4 Å². The monoisotopic (exact) mass is 320 g/mol. The maximum absolute atomic E-state index is 5.26. The second-order valence-corrected chi connectivity index (χ2v) is 5.45. The molecule has 1 heterocycles. The fraction of sp³-hybridized carbons (Fsp3) is 0.0556. The summed E-state index contributed by atoms with van der Waals surface area (Å²) in [6, 6.07) is 18.1. The maximum atomic E-state index is 5.26. The van der Waals surface area contributed by atoms with Gasteiger partial charge in [-0.3, -0.25) is 0 Å². The van der Waals surface area contributed by atoms with Crippen molar-refractivity contribution < 1.29 is 0 Å². The summed E-state index contributed by atoms with van der Waals surface area (Å²) < 4.78 is 2.09. The SMILES string of the molecule is Cc1cccc(-c2n[nH]c(=S)n2N=CC=Cc2ccccc2)c1. The molecule has 0 saturated carbocycles.